The lowest BCUT2D eigenvalue weighted by Gasteiger charge is -2.16. The fourth-order valence-corrected chi connectivity index (χ4v) is 3.58. The molecule has 2 unspecified atom stereocenters. The lowest BCUT2D eigenvalue weighted by atomic mass is 9.86. The Kier molecular flexibility index (Phi) is 2.06. The maximum absolute atomic E-state index is 4.47. The van der Waals surface area contributed by atoms with Crippen LogP contribution in [-0.4, -0.2) is 9.97 Å². The Bertz CT molecular complexity index is 770. The van der Waals surface area contributed by atoms with Crippen molar-refractivity contribution in [3.05, 3.63) is 78.2 Å². The summed E-state index contributed by atoms with van der Waals surface area (Å²) >= 11 is 0. The summed E-state index contributed by atoms with van der Waals surface area (Å²) in [7, 11) is 0. The second-order valence-electron chi connectivity index (χ2n) is 5.54. The molecule has 100 valence electrons. The van der Waals surface area contributed by atoms with Crippen molar-refractivity contribution in [1.29, 1.82) is 0 Å². The summed E-state index contributed by atoms with van der Waals surface area (Å²) < 4.78 is 0. The van der Waals surface area contributed by atoms with E-state index in [1.54, 1.807) is 12.4 Å². The Morgan fingerprint density at radius 2 is 1.38 bits per heavy atom. The van der Waals surface area contributed by atoms with Gasteiger partial charge in [0.15, 0.2) is 0 Å². The zero-order valence-corrected chi connectivity index (χ0v) is 11.3. The Labute approximate surface area is 122 Å². The van der Waals surface area contributed by atoms with Crippen LogP contribution in [0.2, 0.25) is 0 Å². The predicted octanol–water partition coefficient (Wildman–Crippen LogP) is 3.76. The number of fused-ring (bicyclic) bond motifs is 6. The monoisotopic (exact) mass is 271 g/mol. The van der Waals surface area contributed by atoms with Crippen molar-refractivity contribution in [2.24, 2.45) is 0 Å². The number of anilines is 1. The van der Waals surface area contributed by atoms with Gasteiger partial charge in [-0.25, -0.2) is 4.98 Å². The highest BCUT2D eigenvalue weighted by Crippen LogP contribution is 2.62. The molecule has 0 N–H and O–H groups in total. The lowest BCUT2D eigenvalue weighted by Crippen LogP contribution is -1.98. The first-order valence-corrected chi connectivity index (χ1v) is 7.18. The van der Waals surface area contributed by atoms with Gasteiger partial charge >= 0.3 is 0 Å². The molecule has 2 aromatic carbocycles. The molecule has 0 bridgehead atoms. The van der Waals surface area contributed by atoms with Crippen LogP contribution in [0.4, 0.5) is 5.82 Å². The van der Waals surface area contributed by atoms with Gasteiger partial charge in [0.2, 0.25) is 0 Å². The zero-order valence-electron chi connectivity index (χ0n) is 11.3. The van der Waals surface area contributed by atoms with Crippen LogP contribution in [0.3, 0.4) is 0 Å². The van der Waals surface area contributed by atoms with Gasteiger partial charge in [0, 0.05) is 12.4 Å². The van der Waals surface area contributed by atoms with Crippen LogP contribution >= 0.6 is 0 Å². The molecule has 1 aromatic heterocycles. The molecule has 5 rings (SSSR count). The third kappa shape index (κ3) is 1.43. The summed E-state index contributed by atoms with van der Waals surface area (Å²) in [6, 6.07) is 18.2. The largest absolute Gasteiger partial charge is 0.336 e. The van der Waals surface area contributed by atoms with E-state index in [4.69, 9.17) is 0 Å². The van der Waals surface area contributed by atoms with Crippen LogP contribution < -0.4 is 4.90 Å². The van der Waals surface area contributed by atoms with Gasteiger partial charge in [-0.2, -0.15) is 0 Å². The van der Waals surface area contributed by atoms with Crippen LogP contribution in [-0.2, 0) is 0 Å². The molecule has 2 aliphatic rings. The van der Waals surface area contributed by atoms with Gasteiger partial charge in [-0.1, -0.05) is 48.5 Å². The fourth-order valence-electron chi connectivity index (χ4n) is 3.58. The van der Waals surface area contributed by atoms with Gasteiger partial charge in [-0.3, -0.25) is 4.98 Å². The smallest absolute Gasteiger partial charge is 0.148 e. The molecule has 1 aliphatic carbocycles. The Hall–Kier alpha value is -2.68. The van der Waals surface area contributed by atoms with Crippen molar-refractivity contribution in [1.82, 2.24) is 9.97 Å². The highest BCUT2D eigenvalue weighted by molar-refractivity contribution is 5.80. The van der Waals surface area contributed by atoms with E-state index in [-0.39, 0.29) is 0 Å². The van der Waals surface area contributed by atoms with Crippen LogP contribution in [0, 0.1) is 0 Å². The third-order valence-corrected chi connectivity index (χ3v) is 4.47. The number of nitrogens with zero attached hydrogens (tertiary/aromatic N) is 3. The normalized spacial score (nSPS) is 21.2. The summed E-state index contributed by atoms with van der Waals surface area (Å²) in [5.41, 5.74) is 5.49. The zero-order chi connectivity index (χ0) is 13.8. The molecule has 1 aliphatic heterocycles. The molecule has 0 radical (unpaired) electrons. The molecule has 2 heterocycles. The van der Waals surface area contributed by atoms with Crippen LogP contribution in [0.1, 0.15) is 23.2 Å². The molecule has 0 amide bonds. The second-order valence-corrected chi connectivity index (χ2v) is 5.54. The topological polar surface area (TPSA) is 28.8 Å². The van der Waals surface area contributed by atoms with Gasteiger partial charge in [0.25, 0.3) is 0 Å². The van der Waals surface area contributed by atoms with Gasteiger partial charge in [-0.05, 0) is 22.3 Å². The predicted molar refractivity (Wildman–Crippen MR) is 81.9 cm³/mol. The fraction of sp³-hybridized carbons (Fsp3) is 0.111. The minimum absolute atomic E-state index is 0.396. The maximum Gasteiger partial charge on any atom is 0.148 e. The van der Waals surface area contributed by atoms with E-state index in [0.29, 0.717) is 12.1 Å². The Morgan fingerprint density at radius 1 is 0.762 bits per heavy atom. The number of aromatic nitrogens is 2. The summed E-state index contributed by atoms with van der Waals surface area (Å²) in [6.45, 7) is 0. The summed E-state index contributed by atoms with van der Waals surface area (Å²) in [5, 5.41) is 0. The summed E-state index contributed by atoms with van der Waals surface area (Å²) in [4.78, 5) is 11.0. The molecule has 0 spiro atoms. The van der Waals surface area contributed by atoms with Crippen molar-refractivity contribution in [2.45, 2.75) is 12.1 Å². The molecule has 0 saturated carbocycles. The van der Waals surface area contributed by atoms with E-state index in [0.717, 1.165) is 5.82 Å². The minimum atomic E-state index is 0.396. The first-order chi connectivity index (χ1) is 10.4. The van der Waals surface area contributed by atoms with Crippen LogP contribution in [0.25, 0.3) is 11.1 Å². The molecule has 21 heavy (non-hydrogen) atoms. The first-order valence-electron chi connectivity index (χ1n) is 7.18. The molecule has 1 saturated heterocycles. The Balaban J connectivity index is 1.73. The van der Waals surface area contributed by atoms with Crippen LogP contribution in [0.5, 0.6) is 0 Å². The van der Waals surface area contributed by atoms with E-state index >= 15 is 0 Å². The average Bonchev–Trinajstić information content (AvgIpc) is 3.32. The van der Waals surface area contributed by atoms with Gasteiger partial charge in [0.05, 0.1) is 18.3 Å². The minimum Gasteiger partial charge on any atom is -0.336 e. The lowest BCUT2D eigenvalue weighted by molar-refractivity contribution is 1.01. The standard InChI is InChI=1S/C18H13N3/c1-3-7-14-12(5-1)13-6-2-4-8-15(13)18-17(14)21(18)16-11-19-9-10-20-16/h1-11,17-18H. The summed E-state index contributed by atoms with van der Waals surface area (Å²) in [6.07, 6.45) is 5.33. The van der Waals surface area contributed by atoms with Gasteiger partial charge < -0.3 is 4.90 Å². The molecule has 1 fully saturated rings. The second kappa shape index (κ2) is 3.92. The number of rotatable bonds is 1. The Morgan fingerprint density at radius 3 is 1.95 bits per heavy atom. The number of hydrogen-bond donors (Lipinski definition) is 0. The quantitative estimate of drug-likeness (QED) is 0.631. The van der Waals surface area contributed by atoms with E-state index in [1.165, 1.54) is 22.3 Å². The van der Waals surface area contributed by atoms with Crippen LogP contribution in [0.15, 0.2) is 67.1 Å². The third-order valence-electron chi connectivity index (χ3n) is 4.47. The maximum atomic E-state index is 4.47. The molecular weight excluding hydrogens is 258 g/mol. The van der Waals surface area contributed by atoms with E-state index in [9.17, 15) is 0 Å². The average molecular weight is 271 g/mol. The first kappa shape index (κ1) is 11.0. The SMILES string of the molecule is c1ccc2c(c1)-c1ccccc1C1C2N1c1cnccn1. The highest BCUT2D eigenvalue weighted by Gasteiger charge is 2.54. The van der Waals surface area contributed by atoms with Crippen molar-refractivity contribution in [2.75, 3.05) is 4.90 Å². The van der Waals surface area contributed by atoms with E-state index in [2.05, 4.69) is 63.4 Å². The number of hydrogen-bond acceptors (Lipinski definition) is 3. The molecule has 3 heteroatoms. The molecule has 3 aromatic rings. The molecular formula is C18H13N3. The van der Waals surface area contributed by atoms with E-state index < -0.39 is 0 Å². The van der Waals surface area contributed by atoms with Gasteiger partial charge in [-0.15, -0.1) is 0 Å². The van der Waals surface area contributed by atoms with Crippen molar-refractivity contribution in [3.63, 3.8) is 0 Å². The molecule has 3 nitrogen and oxygen atoms in total. The summed E-state index contributed by atoms with van der Waals surface area (Å²) in [5.74, 6) is 0.957. The number of benzene rings is 2. The van der Waals surface area contributed by atoms with E-state index in [1.807, 2.05) is 6.20 Å². The molecule has 2 atom stereocenters. The van der Waals surface area contributed by atoms with Gasteiger partial charge in [0.1, 0.15) is 5.82 Å². The van der Waals surface area contributed by atoms with Crippen molar-refractivity contribution < 1.29 is 0 Å². The van der Waals surface area contributed by atoms with Crippen molar-refractivity contribution >= 4 is 5.82 Å². The highest BCUT2D eigenvalue weighted by atomic mass is 15.4. The van der Waals surface area contributed by atoms with Crippen molar-refractivity contribution in [3.8, 4) is 11.1 Å².